The molecule has 1 nitrogen and oxygen atoms in total. The quantitative estimate of drug-likeness (QED) is 0.774. The second kappa shape index (κ2) is 5.20. The van der Waals surface area contributed by atoms with Crippen LogP contribution in [0.2, 0.25) is 0 Å². The summed E-state index contributed by atoms with van der Waals surface area (Å²) in [6.45, 7) is 6.21. The molecular weight excluding hydrogens is 218 g/mol. The molecule has 1 aliphatic carbocycles. The van der Waals surface area contributed by atoms with Crippen LogP contribution in [0.5, 0.6) is 0 Å². The van der Waals surface area contributed by atoms with Crippen molar-refractivity contribution in [3.8, 4) is 0 Å². The van der Waals surface area contributed by atoms with Crippen LogP contribution in [0.4, 0.5) is 0 Å². The predicted octanol–water partition coefficient (Wildman–Crippen LogP) is 3.41. The van der Waals surface area contributed by atoms with Gasteiger partial charge in [0.15, 0.2) is 0 Å². The van der Waals surface area contributed by atoms with Crippen LogP contribution in [0, 0.1) is 19.8 Å². The fourth-order valence-corrected chi connectivity index (χ4v) is 2.45. The zero-order valence-electron chi connectivity index (χ0n) is 10.1. The Kier molecular flexibility index (Phi) is 3.88. The fraction of sp³-hybridized carbons (Fsp3) is 0.571. The zero-order chi connectivity index (χ0) is 11.5. The van der Waals surface area contributed by atoms with Crippen LogP contribution >= 0.6 is 11.6 Å². The van der Waals surface area contributed by atoms with Crippen LogP contribution in [0.1, 0.15) is 29.5 Å². The normalized spacial score (nSPS) is 17.4. The third-order valence-corrected chi connectivity index (χ3v) is 3.93. The summed E-state index contributed by atoms with van der Waals surface area (Å²) in [6, 6.07) is 6.45. The number of alkyl halides is 1. The van der Waals surface area contributed by atoms with E-state index in [1.807, 2.05) is 0 Å². The molecule has 16 heavy (non-hydrogen) atoms. The molecule has 2 rings (SSSR count). The van der Waals surface area contributed by atoms with Crippen LogP contribution in [0.3, 0.4) is 0 Å². The third-order valence-electron chi connectivity index (χ3n) is 3.42. The Labute approximate surface area is 103 Å². The fourth-order valence-electron chi connectivity index (χ4n) is 2.09. The topological polar surface area (TPSA) is 12.0 Å². The van der Waals surface area contributed by atoms with Gasteiger partial charge in [-0.25, -0.2) is 0 Å². The van der Waals surface area contributed by atoms with E-state index in [9.17, 15) is 0 Å². The lowest BCUT2D eigenvalue weighted by Crippen LogP contribution is -2.24. The molecule has 1 aliphatic rings. The predicted molar refractivity (Wildman–Crippen MR) is 70.0 cm³/mol. The lowest BCUT2D eigenvalue weighted by Gasteiger charge is -2.13. The highest BCUT2D eigenvalue weighted by Gasteiger charge is 2.29. The highest BCUT2D eigenvalue weighted by Crippen LogP contribution is 2.35. The van der Waals surface area contributed by atoms with Crippen molar-refractivity contribution in [3.63, 3.8) is 0 Å². The average Bonchev–Trinajstić information content (AvgIpc) is 3.05. The Morgan fingerprint density at radius 2 is 1.94 bits per heavy atom. The van der Waals surface area contributed by atoms with E-state index >= 15 is 0 Å². The Hall–Kier alpha value is -0.530. The van der Waals surface area contributed by atoms with Gasteiger partial charge in [0.1, 0.15) is 0 Å². The first kappa shape index (κ1) is 11.9. The molecule has 88 valence electrons. The van der Waals surface area contributed by atoms with Gasteiger partial charge in [0, 0.05) is 18.5 Å². The molecule has 0 radical (unpaired) electrons. The van der Waals surface area contributed by atoms with Crippen LogP contribution in [0.25, 0.3) is 0 Å². The van der Waals surface area contributed by atoms with Gasteiger partial charge in [0.05, 0.1) is 0 Å². The minimum atomic E-state index is 0.323. The number of halogens is 1. The maximum Gasteiger partial charge on any atom is 0.0488 e. The monoisotopic (exact) mass is 237 g/mol. The summed E-state index contributed by atoms with van der Waals surface area (Å²) < 4.78 is 0. The van der Waals surface area contributed by atoms with Gasteiger partial charge in [-0.1, -0.05) is 18.2 Å². The van der Waals surface area contributed by atoms with Crippen molar-refractivity contribution >= 4 is 11.6 Å². The standard InChI is InChI=1S/C14H20ClN/c1-10-4-3-5-11(2)13(10)8-16-9-14(15)12-6-7-12/h3-5,12,14,16H,6-9H2,1-2H3. The molecule has 0 bridgehead atoms. The van der Waals surface area contributed by atoms with E-state index in [0.29, 0.717) is 5.38 Å². The first-order valence-electron chi connectivity index (χ1n) is 6.08. The van der Waals surface area contributed by atoms with E-state index in [2.05, 4.69) is 37.4 Å². The van der Waals surface area contributed by atoms with E-state index < -0.39 is 0 Å². The summed E-state index contributed by atoms with van der Waals surface area (Å²) in [5, 5.41) is 3.80. The van der Waals surface area contributed by atoms with Gasteiger partial charge >= 0.3 is 0 Å². The van der Waals surface area contributed by atoms with E-state index in [1.54, 1.807) is 0 Å². The molecule has 2 heteroatoms. The van der Waals surface area contributed by atoms with Crippen LogP contribution in [0.15, 0.2) is 18.2 Å². The largest absolute Gasteiger partial charge is 0.311 e. The molecule has 0 saturated heterocycles. The molecule has 0 aliphatic heterocycles. The van der Waals surface area contributed by atoms with Crippen molar-refractivity contribution < 1.29 is 0 Å². The summed E-state index contributed by atoms with van der Waals surface area (Å²) in [7, 11) is 0. The molecule has 1 atom stereocenters. The van der Waals surface area contributed by atoms with Crippen molar-refractivity contribution in [3.05, 3.63) is 34.9 Å². The number of hydrogen-bond acceptors (Lipinski definition) is 1. The van der Waals surface area contributed by atoms with Gasteiger partial charge in [-0.05, 0) is 49.3 Å². The van der Waals surface area contributed by atoms with Gasteiger partial charge in [-0.3, -0.25) is 0 Å². The van der Waals surface area contributed by atoms with E-state index in [4.69, 9.17) is 11.6 Å². The molecule has 1 aromatic rings. The number of aryl methyl sites for hydroxylation is 2. The van der Waals surface area contributed by atoms with Crippen LogP contribution in [-0.4, -0.2) is 11.9 Å². The lowest BCUT2D eigenvalue weighted by atomic mass is 10.0. The molecule has 0 aromatic heterocycles. The van der Waals surface area contributed by atoms with Crippen molar-refractivity contribution in [1.82, 2.24) is 5.32 Å². The van der Waals surface area contributed by atoms with Gasteiger partial charge < -0.3 is 5.32 Å². The second-order valence-corrected chi connectivity index (χ2v) is 5.42. The van der Waals surface area contributed by atoms with E-state index in [-0.39, 0.29) is 0 Å². The summed E-state index contributed by atoms with van der Waals surface area (Å²) in [6.07, 6.45) is 2.64. The molecule has 1 aromatic carbocycles. The van der Waals surface area contributed by atoms with Crippen molar-refractivity contribution in [2.24, 2.45) is 5.92 Å². The SMILES string of the molecule is Cc1cccc(C)c1CNCC(Cl)C1CC1. The minimum absolute atomic E-state index is 0.323. The molecule has 0 heterocycles. The summed E-state index contributed by atoms with van der Waals surface area (Å²) in [4.78, 5) is 0. The van der Waals surface area contributed by atoms with Gasteiger partial charge in [-0.15, -0.1) is 11.6 Å². The summed E-state index contributed by atoms with van der Waals surface area (Å²) >= 11 is 6.26. The van der Waals surface area contributed by atoms with Gasteiger partial charge in [-0.2, -0.15) is 0 Å². The number of rotatable bonds is 5. The minimum Gasteiger partial charge on any atom is -0.311 e. The summed E-state index contributed by atoms with van der Waals surface area (Å²) in [5.41, 5.74) is 4.15. The maximum absolute atomic E-state index is 6.26. The van der Waals surface area contributed by atoms with Crippen LogP contribution < -0.4 is 5.32 Å². The average molecular weight is 238 g/mol. The van der Waals surface area contributed by atoms with E-state index in [1.165, 1.54) is 29.5 Å². The zero-order valence-corrected chi connectivity index (χ0v) is 10.8. The molecular formula is C14H20ClN. The lowest BCUT2D eigenvalue weighted by molar-refractivity contribution is 0.617. The first-order chi connectivity index (χ1) is 7.68. The first-order valence-corrected chi connectivity index (χ1v) is 6.52. The molecule has 0 amide bonds. The van der Waals surface area contributed by atoms with E-state index in [0.717, 1.165) is 19.0 Å². The molecule has 1 unspecified atom stereocenters. The maximum atomic E-state index is 6.26. The number of nitrogens with one attached hydrogen (secondary N) is 1. The third kappa shape index (κ3) is 2.99. The smallest absolute Gasteiger partial charge is 0.0488 e. The van der Waals surface area contributed by atoms with Crippen LogP contribution in [-0.2, 0) is 6.54 Å². The number of benzene rings is 1. The molecule has 1 saturated carbocycles. The number of hydrogen-bond donors (Lipinski definition) is 1. The molecule has 1 fully saturated rings. The second-order valence-electron chi connectivity index (χ2n) is 4.85. The Morgan fingerprint density at radius 3 is 2.50 bits per heavy atom. The highest BCUT2D eigenvalue weighted by molar-refractivity contribution is 6.21. The Balaban J connectivity index is 1.84. The summed E-state index contributed by atoms with van der Waals surface area (Å²) in [5.74, 6) is 0.770. The Morgan fingerprint density at radius 1 is 1.31 bits per heavy atom. The van der Waals surface area contributed by atoms with Crippen molar-refractivity contribution in [2.75, 3.05) is 6.54 Å². The highest BCUT2D eigenvalue weighted by atomic mass is 35.5. The molecule has 0 spiro atoms. The Bertz CT molecular complexity index is 338. The van der Waals surface area contributed by atoms with Crippen molar-refractivity contribution in [1.29, 1.82) is 0 Å². The molecule has 1 N–H and O–H groups in total. The van der Waals surface area contributed by atoms with Gasteiger partial charge in [0.2, 0.25) is 0 Å². The van der Waals surface area contributed by atoms with Crippen molar-refractivity contribution in [2.45, 2.75) is 38.6 Å². The van der Waals surface area contributed by atoms with Gasteiger partial charge in [0.25, 0.3) is 0 Å².